The zero-order valence-corrected chi connectivity index (χ0v) is 26.3. The van der Waals surface area contributed by atoms with E-state index in [1.54, 1.807) is 42.5 Å². The van der Waals surface area contributed by atoms with Gasteiger partial charge < -0.3 is 25.2 Å². The van der Waals surface area contributed by atoms with Crippen molar-refractivity contribution < 1.29 is 19.1 Å². The Labute approximate surface area is 265 Å². The van der Waals surface area contributed by atoms with E-state index in [-0.39, 0.29) is 24.3 Å². The number of ether oxygens (including phenoxy) is 1. The molecule has 0 unspecified atom stereocenters. The lowest BCUT2D eigenvalue weighted by Gasteiger charge is -2.35. The van der Waals surface area contributed by atoms with Gasteiger partial charge in [0.2, 0.25) is 0 Å². The van der Waals surface area contributed by atoms with Crippen molar-refractivity contribution in [3.63, 3.8) is 0 Å². The largest absolute Gasteiger partial charge is 0.496 e. The van der Waals surface area contributed by atoms with Crippen LogP contribution < -0.4 is 15.4 Å². The number of rotatable bonds is 9. The van der Waals surface area contributed by atoms with Gasteiger partial charge >= 0.3 is 0 Å². The highest BCUT2D eigenvalue weighted by Gasteiger charge is 2.26. The summed E-state index contributed by atoms with van der Waals surface area (Å²) in [5, 5.41) is 5.92. The number of aryl methyl sites for hydroxylation is 1. The van der Waals surface area contributed by atoms with Gasteiger partial charge in [-0.25, -0.2) is 0 Å². The molecule has 232 valence electrons. The average Bonchev–Trinajstić information content (AvgIpc) is 3.07. The van der Waals surface area contributed by atoms with Crippen molar-refractivity contribution in [2.45, 2.75) is 32.4 Å². The highest BCUT2D eigenvalue weighted by Crippen LogP contribution is 2.26. The molecule has 5 rings (SSSR count). The Morgan fingerprint density at radius 1 is 0.844 bits per heavy atom. The van der Waals surface area contributed by atoms with E-state index in [2.05, 4.69) is 29.6 Å². The van der Waals surface area contributed by atoms with E-state index in [4.69, 9.17) is 4.74 Å². The number of amides is 3. The SMILES string of the molecule is COc1cc(C(=O)Nc2ccccc2C(=O)N2CCC(N(C)C)CC2)ccc1CNC(=O)c1ccccc1-c1ccc(C)cc1. The molecule has 0 bridgehead atoms. The minimum absolute atomic E-state index is 0.0873. The minimum atomic E-state index is -0.359. The number of hydrogen-bond donors (Lipinski definition) is 2. The summed E-state index contributed by atoms with van der Waals surface area (Å²) >= 11 is 0. The van der Waals surface area contributed by atoms with Gasteiger partial charge in [0.25, 0.3) is 17.7 Å². The maximum Gasteiger partial charge on any atom is 0.255 e. The first-order valence-electron chi connectivity index (χ1n) is 15.2. The van der Waals surface area contributed by atoms with Crippen LogP contribution in [0.2, 0.25) is 0 Å². The van der Waals surface area contributed by atoms with Crippen molar-refractivity contribution in [2.75, 3.05) is 39.6 Å². The van der Waals surface area contributed by atoms with Crippen LogP contribution in [0.1, 0.15) is 55.0 Å². The lowest BCUT2D eigenvalue weighted by molar-refractivity contribution is 0.0664. The summed E-state index contributed by atoms with van der Waals surface area (Å²) in [6.07, 6.45) is 1.83. The summed E-state index contributed by atoms with van der Waals surface area (Å²) in [6, 6.07) is 28.3. The van der Waals surface area contributed by atoms with Crippen molar-refractivity contribution in [1.82, 2.24) is 15.1 Å². The number of nitrogens with one attached hydrogen (secondary N) is 2. The molecular formula is C37H40N4O4. The predicted octanol–water partition coefficient (Wildman–Crippen LogP) is 6.02. The Balaban J connectivity index is 1.26. The molecule has 8 nitrogen and oxygen atoms in total. The van der Waals surface area contributed by atoms with Crippen molar-refractivity contribution in [2.24, 2.45) is 0 Å². The molecule has 0 atom stereocenters. The topological polar surface area (TPSA) is 91.0 Å². The highest BCUT2D eigenvalue weighted by atomic mass is 16.5. The summed E-state index contributed by atoms with van der Waals surface area (Å²) < 4.78 is 5.60. The zero-order chi connectivity index (χ0) is 31.9. The highest BCUT2D eigenvalue weighted by molar-refractivity contribution is 6.09. The van der Waals surface area contributed by atoms with Crippen LogP contribution in [0.3, 0.4) is 0 Å². The molecule has 0 spiro atoms. The summed E-state index contributed by atoms with van der Waals surface area (Å²) in [5.41, 5.74) is 5.58. The van der Waals surface area contributed by atoms with E-state index in [9.17, 15) is 14.4 Å². The third-order valence-corrected chi connectivity index (χ3v) is 8.41. The molecule has 0 saturated carbocycles. The Morgan fingerprint density at radius 3 is 2.20 bits per heavy atom. The van der Waals surface area contributed by atoms with Gasteiger partial charge in [-0.15, -0.1) is 0 Å². The van der Waals surface area contributed by atoms with Gasteiger partial charge in [-0.05, 0) is 75.3 Å². The first kappa shape index (κ1) is 31.5. The summed E-state index contributed by atoms with van der Waals surface area (Å²) in [7, 11) is 5.66. The van der Waals surface area contributed by atoms with Crippen molar-refractivity contribution in [3.8, 4) is 16.9 Å². The van der Waals surface area contributed by atoms with Crippen LogP contribution in [-0.2, 0) is 6.54 Å². The van der Waals surface area contributed by atoms with Crippen LogP contribution in [-0.4, -0.2) is 67.9 Å². The molecule has 0 radical (unpaired) electrons. The maximum absolute atomic E-state index is 13.4. The Morgan fingerprint density at radius 2 is 1.51 bits per heavy atom. The monoisotopic (exact) mass is 604 g/mol. The van der Waals surface area contributed by atoms with E-state index in [1.807, 2.05) is 60.4 Å². The summed E-state index contributed by atoms with van der Waals surface area (Å²) in [6.45, 7) is 3.60. The lowest BCUT2D eigenvalue weighted by atomic mass is 9.98. The van der Waals surface area contributed by atoms with Gasteiger partial charge in [0.15, 0.2) is 0 Å². The molecular weight excluding hydrogens is 564 g/mol. The van der Waals surface area contributed by atoms with E-state index in [1.165, 1.54) is 7.11 Å². The fourth-order valence-electron chi connectivity index (χ4n) is 5.70. The van der Waals surface area contributed by atoms with Gasteiger partial charge in [-0.1, -0.05) is 66.2 Å². The first-order chi connectivity index (χ1) is 21.7. The molecule has 1 aliphatic heterocycles. The molecule has 3 amide bonds. The summed E-state index contributed by atoms with van der Waals surface area (Å²) in [5.74, 6) is -0.177. The van der Waals surface area contributed by atoms with Crippen molar-refractivity contribution in [3.05, 3.63) is 119 Å². The molecule has 45 heavy (non-hydrogen) atoms. The molecule has 4 aromatic rings. The Bertz CT molecular complexity index is 1670. The number of nitrogens with zero attached hydrogens (tertiary/aromatic N) is 2. The predicted molar refractivity (Wildman–Crippen MR) is 178 cm³/mol. The second-order valence-electron chi connectivity index (χ2n) is 11.6. The van der Waals surface area contributed by atoms with E-state index in [0.717, 1.165) is 35.1 Å². The standard InChI is InChI=1S/C37H40N4O4/c1-25-13-15-26(16-14-25)30-9-5-6-10-31(30)36(43)38-24-28-18-17-27(23-34(28)45-4)35(42)39-33-12-8-7-11-32(33)37(44)41-21-19-29(20-22-41)40(2)3/h5-18,23,29H,19-22,24H2,1-4H3,(H,38,43)(H,39,42). The third-order valence-electron chi connectivity index (χ3n) is 8.41. The fraction of sp³-hybridized carbons (Fsp3) is 0.270. The minimum Gasteiger partial charge on any atom is -0.496 e. The molecule has 2 N–H and O–H groups in total. The first-order valence-corrected chi connectivity index (χ1v) is 15.2. The van der Waals surface area contributed by atoms with Crippen LogP contribution in [0.25, 0.3) is 11.1 Å². The quantitative estimate of drug-likeness (QED) is 0.244. The molecule has 4 aromatic carbocycles. The molecule has 1 aliphatic rings. The molecule has 8 heteroatoms. The van der Waals surface area contributed by atoms with Crippen LogP contribution in [0, 0.1) is 6.92 Å². The maximum atomic E-state index is 13.4. The average molecular weight is 605 g/mol. The number of methoxy groups -OCH3 is 1. The normalized spacial score (nSPS) is 13.4. The number of benzene rings is 4. The lowest BCUT2D eigenvalue weighted by Crippen LogP contribution is -2.44. The van der Waals surface area contributed by atoms with Crippen LogP contribution in [0.4, 0.5) is 5.69 Å². The molecule has 0 aliphatic carbocycles. The van der Waals surface area contributed by atoms with Crippen LogP contribution >= 0.6 is 0 Å². The van der Waals surface area contributed by atoms with Gasteiger partial charge in [-0.3, -0.25) is 14.4 Å². The number of likely N-dealkylation sites (tertiary alicyclic amines) is 1. The summed E-state index contributed by atoms with van der Waals surface area (Å²) in [4.78, 5) is 44.1. The van der Waals surface area contributed by atoms with E-state index >= 15 is 0 Å². The zero-order valence-electron chi connectivity index (χ0n) is 26.3. The van der Waals surface area contributed by atoms with Gasteiger partial charge in [0.1, 0.15) is 5.75 Å². The van der Waals surface area contributed by atoms with E-state index < -0.39 is 0 Å². The molecule has 1 fully saturated rings. The Hall–Kier alpha value is -4.95. The smallest absolute Gasteiger partial charge is 0.255 e. The number of para-hydroxylation sites is 1. The van der Waals surface area contributed by atoms with Gasteiger partial charge in [-0.2, -0.15) is 0 Å². The molecule has 0 aromatic heterocycles. The fourth-order valence-corrected chi connectivity index (χ4v) is 5.70. The number of carbonyl (C=O) groups excluding carboxylic acids is 3. The number of hydrogen-bond acceptors (Lipinski definition) is 5. The van der Waals surface area contributed by atoms with Crippen LogP contribution in [0.15, 0.2) is 91.0 Å². The number of piperidine rings is 1. The molecule has 1 saturated heterocycles. The Kier molecular flexibility index (Phi) is 9.95. The van der Waals surface area contributed by atoms with Crippen LogP contribution in [0.5, 0.6) is 5.75 Å². The number of anilines is 1. The second kappa shape index (κ2) is 14.2. The van der Waals surface area contributed by atoms with E-state index in [0.29, 0.717) is 47.3 Å². The number of carbonyl (C=O) groups is 3. The molecule has 1 heterocycles. The van der Waals surface area contributed by atoms with Gasteiger partial charge in [0, 0.05) is 42.4 Å². The van der Waals surface area contributed by atoms with Crippen molar-refractivity contribution >= 4 is 23.4 Å². The van der Waals surface area contributed by atoms with Crippen molar-refractivity contribution in [1.29, 1.82) is 0 Å². The second-order valence-corrected chi connectivity index (χ2v) is 11.6. The third kappa shape index (κ3) is 7.41. The van der Waals surface area contributed by atoms with Gasteiger partial charge in [0.05, 0.1) is 18.4 Å².